The van der Waals surface area contributed by atoms with Gasteiger partial charge in [-0.05, 0) is 26.0 Å². The maximum atomic E-state index is 11.2. The number of carboxylic acids is 2. The van der Waals surface area contributed by atoms with E-state index < -0.39 is 18.0 Å². The van der Waals surface area contributed by atoms with Crippen LogP contribution >= 0.6 is 0 Å². The lowest BCUT2D eigenvalue weighted by Gasteiger charge is -2.38. The molecule has 1 unspecified atom stereocenters. The Labute approximate surface area is 192 Å². The van der Waals surface area contributed by atoms with Gasteiger partial charge in [0, 0.05) is 45.0 Å². The van der Waals surface area contributed by atoms with E-state index in [2.05, 4.69) is 14.5 Å². The topological polar surface area (TPSA) is 158 Å². The molecule has 0 aromatic carbocycles. The highest BCUT2D eigenvalue weighted by atomic mass is 16.5. The van der Waals surface area contributed by atoms with Crippen molar-refractivity contribution < 1.29 is 34.4 Å². The average molecular weight is 468 g/mol. The van der Waals surface area contributed by atoms with Crippen LogP contribution in [0.15, 0.2) is 18.3 Å². The van der Waals surface area contributed by atoms with Crippen molar-refractivity contribution in [3.63, 3.8) is 0 Å². The van der Waals surface area contributed by atoms with Crippen LogP contribution in [0.4, 0.5) is 4.79 Å². The number of imidazole rings is 1. The first kappa shape index (κ1) is 27.8. The Hall–Kier alpha value is -3.25. The van der Waals surface area contributed by atoms with E-state index in [-0.39, 0.29) is 6.04 Å². The minimum absolute atomic E-state index is 0.0226. The predicted molar refractivity (Wildman–Crippen MR) is 120 cm³/mol. The van der Waals surface area contributed by atoms with Gasteiger partial charge in [0.05, 0.1) is 13.2 Å². The van der Waals surface area contributed by atoms with Gasteiger partial charge in [-0.3, -0.25) is 4.90 Å². The Morgan fingerprint density at radius 2 is 1.82 bits per heavy atom. The number of piperazine rings is 1. The van der Waals surface area contributed by atoms with Crippen molar-refractivity contribution >= 4 is 29.2 Å². The second-order valence-electron chi connectivity index (χ2n) is 6.89. The van der Waals surface area contributed by atoms with Crippen LogP contribution in [0.25, 0.3) is 11.2 Å². The summed E-state index contributed by atoms with van der Waals surface area (Å²) >= 11 is 0. The Balaban J connectivity index is 0.000000593. The van der Waals surface area contributed by atoms with Crippen molar-refractivity contribution in [2.24, 2.45) is 0 Å². The van der Waals surface area contributed by atoms with Crippen molar-refractivity contribution in [3.8, 4) is 0 Å². The molecule has 12 nitrogen and oxygen atoms in total. The fourth-order valence-electron chi connectivity index (χ4n) is 3.32. The Morgan fingerprint density at radius 1 is 1.15 bits per heavy atom. The van der Waals surface area contributed by atoms with Gasteiger partial charge in [0.2, 0.25) is 0 Å². The van der Waals surface area contributed by atoms with E-state index in [4.69, 9.17) is 29.5 Å². The van der Waals surface area contributed by atoms with Crippen molar-refractivity contribution in [2.75, 3.05) is 32.8 Å². The number of fused-ring (bicyclic) bond motifs is 1. The van der Waals surface area contributed by atoms with Crippen molar-refractivity contribution in [2.45, 2.75) is 46.8 Å². The molecule has 184 valence electrons. The van der Waals surface area contributed by atoms with E-state index in [0.717, 1.165) is 17.0 Å². The van der Waals surface area contributed by atoms with E-state index in [1.807, 2.05) is 39.8 Å². The zero-order valence-corrected chi connectivity index (χ0v) is 19.5. The summed E-state index contributed by atoms with van der Waals surface area (Å²) in [5, 5.41) is 24.0. The van der Waals surface area contributed by atoms with Gasteiger partial charge in [-0.15, -0.1) is 0 Å². The molecule has 0 saturated carbocycles. The lowest BCUT2D eigenvalue weighted by atomic mass is 10.2. The number of aliphatic carboxylic acids is 2. The fraction of sp³-hybridized carbons (Fsp3) is 0.571. The molecule has 1 amide bonds. The molecule has 1 fully saturated rings. The molecule has 0 radical (unpaired) electrons. The third-order valence-corrected chi connectivity index (χ3v) is 4.75. The highest BCUT2D eigenvalue weighted by Gasteiger charge is 2.28. The molecule has 1 atom stereocenters. The summed E-state index contributed by atoms with van der Waals surface area (Å²) in [6.07, 6.45) is 0.930. The summed E-state index contributed by atoms with van der Waals surface area (Å²) in [4.78, 5) is 42.4. The minimum atomic E-state index is -1.82. The van der Waals surface area contributed by atoms with Gasteiger partial charge in [-0.2, -0.15) is 0 Å². The molecule has 12 heteroatoms. The predicted octanol–water partition coefficient (Wildman–Crippen LogP) is 1.83. The fourth-order valence-corrected chi connectivity index (χ4v) is 3.32. The van der Waals surface area contributed by atoms with Gasteiger partial charge in [0.15, 0.2) is 5.65 Å². The number of rotatable bonds is 6. The lowest BCUT2D eigenvalue weighted by Crippen LogP contribution is -2.53. The Kier molecular flexibility index (Phi) is 11.8. The number of carboxylic acid groups (broad SMARTS) is 3. The smallest absolute Gasteiger partial charge is 0.414 e. The van der Waals surface area contributed by atoms with Crippen LogP contribution in [0.3, 0.4) is 0 Å². The quantitative estimate of drug-likeness (QED) is 0.423. The Bertz CT molecular complexity index is 906. The number of pyridine rings is 1. The first-order valence-electron chi connectivity index (χ1n) is 10.8. The minimum Gasteiger partial charge on any atom is -0.473 e. The van der Waals surface area contributed by atoms with Gasteiger partial charge in [0.25, 0.3) is 0 Å². The summed E-state index contributed by atoms with van der Waals surface area (Å²) in [5.74, 6) is -2.70. The SMILES string of the molecule is CC.CCOCCn1c(CN2CCN(C(=O)O)C(C)C2)nc2cccnc21.O=C(O)C(=O)O. The largest absolute Gasteiger partial charge is 0.473 e. The number of carbonyl (C=O) groups is 3. The van der Waals surface area contributed by atoms with Crippen molar-refractivity contribution in [3.05, 3.63) is 24.2 Å². The van der Waals surface area contributed by atoms with E-state index in [9.17, 15) is 9.90 Å². The third-order valence-electron chi connectivity index (χ3n) is 4.75. The maximum Gasteiger partial charge on any atom is 0.414 e. The van der Waals surface area contributed by atoms with Crippen molar-refractivity contribution in [1.29, 1.82) is 0 Å². The molecule has 2 aromatic rings. The highest BCUT2D eigenvalue weighted by molar-refractivity contribution is 6.27. The standard InChI is InChI=1S/C17H25N5O3.C2H2O4.C2H6/c1-3-25-10-9-22-15(19-14-5-4-6-18-16(14)22)12-20-7-8-21(17(23)24)13(2)11-20;3-1(4)2(5)6;1-2/h4-6,13H,3,7-12H2,1-2H3,(H,23,24);(H,3,4)(H,5,6);1-2H3. The molecule has 3 rings (SSSR count). The molecule has 0 bridgehead atoms. The molecular weight excluding hydrogens is 434 g/mol. The first-order valence-corrected chi connectivity index (χ1v) is 10.8. The van der Waals surface area contributed by atoms with Crippen LogP contribution < -0.4 is 0 Å². The number of ether oxygens (including phenoxy) is 1. The van der Waals surface area contributed by atoms with Crippen LogP contribution in [0.2, 0.25) is 0 Å². The molecule has 3 heterocycles. The monoisotopic (exact) mass is 467 g/mol. The zero-order valence-electron chi connectivity index (χ0n) is 19.5. The molecule has 1 saturated heterocycles. The third kappa shape index (κ3) is 8.31. The summed E-state index contributed by atoms with van der Waals surface area (Å²) in [6, 6.07) is 3.83. The van der Waals surface area contributed by atoms with E-state index in [1.165, 1.54) is 4.90 Å². The van der Waals surface area contributed by atoms with Crippen LogP contribution in [0, 0.1) is 0 Å². The molecule has 0 aliphatic carbocycles. The van der Waals surface area contributed by atoms with Gasteiger partial charge < -0.3 is 29.5 Å². The van der Waals surface area contributed by atoms with E-state index >= 15 is 0 Å². The zero-order chi connectivity index (χ0) is 25.0. The number of aromatic nitrogens is 3. The molecule has 2 aromatic heterocycles. The van der Waals surface area contributed by atoms with Gasteiger partial charge in [-0.25, -0.2) is 24.4 Å². The van der Waals surface area contributed by atoms with Gasteiger partial charge in [-0.1, -0.05) is 13.8 Å². The number of amides is 1. The average Bonchev–Trinajstić information content (AvgIpc) is 3.12. The van der Waals surface area contributed by atoms with Crippen LogP contribution in [0.1, 0.15) is 33.5 Å². The van der Waals surface area contributed by atoms with Gasteiger partial charge in [0.1, 0.15) is 11.3 Å². The number of nitrogens with zero attached hydrogens (tertiary/aromatic N) is 5. The molecule has 1 aliphatic rings. The molecule has 1 aliphatic heterocycles. The number of hydrogen-bond donors (Lipinski definition) is 3. The Morgan fingerprint density at radius 3 is 2.36 bits per heavy atom. The van der Waals surface area contributed by atoms with Crippen LogP contribution in [0.5, 0.6) is 0 Å². The van der Waals surface area contributed by atoms with Gasteiger partial charge >= 0.3 is 18.0 Å². The van der Waals surface area contributed by atoms with Crippen LogP contribution in [-0.2, 0) is 27.4 Å². The second-order valence-corrected chi connectivity index (χ2v) is 6.89. The first-order chi connectivity index (χ1) is 15.7. The maximum absolute atomic E-state index is 11.2. The van der Waals surface area contributed by atoms with Crippen LogP contribution in [-0.4, -0.2) is 96.6 Å². The van der Waals surface area contributed by atoms with E-state index in [0.29, 0.717) is 45.9 Å². The molecule has 33 heavy (non-hydrogen) atoms. The number of hydrogen-bond acceptors (Lipinski definition) is 7. The summed E-state index contributed by atoms with van der Waals surface area (Å²) in [6.45, 7) is 12.6. The molecule has 0 spiro atoms. The molecule has 3 N–H and O–H groups in total. The normalized spacial score (nSPS) is 15.8. The summed E-state index contributed by atoms with van der Waals surface area (Å²) < 4.78 is 7.61. The van der Waals surface area contributed by atoms with E-state index in [1.54, 1.807) is 6.20 Å². The summed E-state index contributed by atoms with van der Waals surface area (Å²) in [5.41, 5.74) is 1.75. The lowest BCUT2D eigenvalue weighted by molar-refractivity contribution is -0.159. The highest BCUT2D eigenvalue weighted by Crippen LogP contribution is 2.17. The van der Waals surface area contributed by atoms with Crippen molar-refractivity contribution in [1.82, 2.24) is 24.3 Å². The summed E-state index contributed by atoms with van der Waals surface area (Å²) in [7, 11) is 0. The molecular formula is C21H33N5O7. The second kappa shape index (κ2) is 14.0.